The Morgan fingerprint density at radius 1 is 1.04 bits per heavy atom. The predicted octanol–water partition coefficient (Wildman–Crippen LogP) is 3.72. The number of nitrogens with one attached hydrogen (secondary N) is 2. The second-order valence-corrected chi connectivity index (χ2v) is 5.99. The summed E-state index contributed by atoms with van der Waals surface area (Å²) >= 11 is 0. The third-order valence-electron chi connectivity index (χ3n) is 3.85. The van der Waals surface area contributed by atoms with Crippen LogP contribution in [0.2, 0.25) is 0 Å². The van der Waals surface area contributed by atoms with Crippen molar-refractivity contribution in [3.63, 3.8) is 0 Å². The standard InChI is InChI=1S/C20H23N3O2/c1-5-19(24)22-17-8-6-16(7-9-17)20(25)23-21-12-18-14(3)10-13(2)11-15(18)4/h6-12H,5H2,1-4H3,(H,22,24)(H,23,25)/b21-12+. The molecule has 2 aromatic carbocycles. The Kier molecular flexibility index (Phi) is 6.06. The Morgan fingerprint density at radius 2 is 1.64 bits per heavy atom. The summed E-state index contributed by atoms with van der Waals surface area (Å²) in [7, 11) is 0. The highest BCUT2D eigenvalue weighted by molar-refractivity contribution is 5.96. The number of nitrogens with zero attached hydrogens (tertiary/aromatic N) is 1. The normalized spacial score (nSPS) is 10.7. The van der Waals surface area contributed by atoms with E-state index in [1.807, 2.05) is 13.8 Å². The molecule has 2 rings (SSSR count). The monoisotopic (exact) mass is 337 g/mol. The molecular formula is C20H23N3O2. The number of carbonyl (C=O) groups excluding carboxylic acids is 2. The first-order valence-electron chi connectivity index (χ1n) is 8.22. The summed E-state index contributed by atoms with van der Waals surface area (Å²) in [6, 6.07) is 10.9. The maximum atomic E-state index is 12.1. The number of rotatable bonds is 5. The highest BCUT2D eigenvalue weighted by Gasteiger charge is 2.06. The maximum absolute atomic E-state index is 12.1. The van der Waals surface area contributed by atoms with E-state index in [2.05, 4.69) is 34.9 Å². The van der Waals surface area contributed by atoms with Gasteiger partial charge < -0.3 is 5.32 Å². The number of hydrogen-bond donors (Lipinski definition) is 2. The molecular weight excluding hydrogens is 314 g/mol. The molecule has 0 heterocycles. The second kappa shape index (κ2) is 8.24. The smallest absolute Gasteiger partial charge is 0.271 e. The summed E-state index contributed by atoms with van der Waals surface area (Å²) in [5.41, 5.74) is 8.11. The van der Waals surface area contributed by atoms with Crippen molar-refractivity contribution in [2.24, 2.45) is 5.10 Å². The van der Waals surface area contributed by atoms with Gasteiger partial charge in [-0.05, 0) is 56.2 Å². The minimum atomic E-state index is -0.299. The predicted molar refractivity (Wildman–Crippen MR) is 101 cm³/mol. The van der Waals surface area contributed by atoms with E-state index >= 15 is 0 Å². The van der Waals surface area contributed by atoms with Crippen molar-refractivity contribution >= 4 is 23.7 Å². The first-order chi connectivity index (χ1) is 11.9. The van der Waals surface area contributed by atoms with Gasteiger partial charge >= 0.3 is 0 Å². The summed E-state index contributed by atoms with van der Waals surface area (Å²) < 4.78 is 0. The average Bonchev–Trinajstić information content (AvgIpc) is 2.57. The summed E-state index contributed by atoms with van der Waals surface area (Å²) in [6.45, 7) is 7.88. The van der Waals surface area contributed by atoms with Crippen LogP contribution in [0.4, 0.5) is 5.69 Å². The molecule has 0 atom stereocenters. The fourth-order valence-electron chi connectivity index (χ4n) is 2.57. The molecule has 5 nitrogen and oxygen atoms in total. The van der Waals surface area contributed by atoms with Crippen molar-refractivity contribution in [2.75, 3.05) is 5.32 Å². The molecule has 0 unspecified atom stereocenters. The molecule has 0 spiro atoms. The van der Waals surface area contributed by atoms with Gasteiger partial charge in [-0.3, -0.25) is 9.59 Å². The molecule has 25 heavy (non-hydrogen) atoms. The number of hydrazone groups is 1. The van der Waals surface area contributed by atoms with E-state index in [4.69, 9.17) is 0 Å². The van der Waals surface area contributed by atoms with Gasteiger partial charge in [-0.2, -0.15) is 5.10 Å². The molecule has 0 aliphatic rings. The van der Waals surface area contributed by atoms with Crippen LogP contribution in [0.1, 0.15) is 46.0 Å². The number of hydrogen-bond acceptors (Lipinski definition) is 3. The zero-order valence-electron chi connectivity index (χ0n) is 15.0. The fraction of sp³-hybridized carbons (Fsp3) is 0.250. The van der Waals surface area contributed by atoms with Crippen LogP contribution in [0.25, 0.3) is 0 Å². The van der Waals surface area contributed by atoms with Gasteiger partial charge in [0.1, 0.15) is 0 Å². The Labute approximate surface area is 148 Å². The lowest BCUT2D eigenvalue weighted by Crippen LogP contribution is -2.18. The minimum Gasteiger partial charge on any atom is -0.326 e. The minimum absolute atomic E-state index is 0.0642. The van der Waals surface area contributed by atoms with Gasteiger partial charge in [-0.1, -0.05) is 24.6 Å². The van der Waals surface area contributed by atoms with Crippen LogP contribution in [0.5, 0.6) is 0 Å². The quantitative estimate of drug-likeness (QED) is 0.645. The number of amides is 2. The van der Waals surface area contributed by atoms with E-state index in [-0.39, 0.29) is 11.8 Å². The van der Waals surface area contributed by atoms with Crippen molar-refractivity contribution in [1.82, 2.24) is 5.43 Å². The lowest BCUT2D eigenvalue weighted by Gasteiger charge is -2.07. The van der Waals surface area contributed by atoms with Gasteiger partial charge in [0.2, 0.25) is 5.91 Å². The van der Waals surface area contributed by atoms with Gasteiger partial charge in [0.05, 0.1) is 6.21 Å². The lowest BCUT2D eigenvalue weighted by molar-refractivity contribution is -0.115. The molecule has 130 valence electrons. The Balaban J connectivity index is 2.02. The van der Waals surface area contributed by atoms with E-state index in [9.17, 15) is 9.59 Å². The lowest BCUT2D eigenvalue weighted by atomic mass is 10.0. The van der Waals surface area contributed by atoms with Gasteiger partial charge in [0.25, 0.3) is 5.91 Å². The topological polar surface area (TPSA) is 70.6 Å². The van der Waals surface area contributed by atoms with E-state index in [1.165, 1.54) is 5.56 Å². The first-order valence-corrected chi connectivity index (χ1v) is 8.22. The number of aryl methyl sites for hydroxylation is 3. The summed E-state index contributed by atoms with van der Waals surface area (Å²) in [6.07, 6.45) is 2.08. The molecule has 2 N–H and O–H groups in total. The third kappa shape index (κ3) is 5.01. The largest absolute Gasteiger partial charge is 0.326 e. The van der Waals surface area contributed by atoms with E-state index in [1.54, 1.807) is 37.4 Å². The zero-order valence-corrected chi connectivity index (χ0v) is 15.0. The molecule has 2 aromatic rings. The molecule has 0 radical (unpaired) electrons. The molecule has 2 amide bonds. The average molecular weight is 337 g/mol. The highest BCUT2D eigenvalue weighted by Crippen LogP contribution is 2.14. The molecule has 0 fully saturated rings. The molecule has 0 saturated heterocycles. The summed E-state index contributed by atoms with van der Waals surface area (Å²) in [5.74, 6) is -0.363. The Hall–Kier alpha value is -2.95. The molecule has 0 saturated carbocycles. The van der Waals surface area contributed by atoms with Crippen molar-refractivity contribution < 1.29 is 9.59 Å². The van der Waals surface area contributed by atoms with Crippen LogP contribution in [0, 0.1) is 20.8 Å². The summed E-state index contributed by atoms with van der Waals surface area (Å²) in [5, 5.41) is 6.80. The third-order valence-corrected chi connectivity index (χ3v) is 3.85. The molecule has 0 aromatic heterocycles. The number of benzene rings is 2. The van der Waals surface area contributed by atoms with Crippen LogP contribution in [0.15, 0.2) is 41.5 Å². The zero-order chi connectivity index (χ0) is 18.4. The fourth-order valence-corrected chi connectivity index (χ4v) is 2.57. The molecule has 0 aliphatic heterocycles. The van der Waals surface area contributed by atoms with E-state index < -0.39 is 0 Å². The van der Waals surface area contributed by atoms with Crippen LogP contribution < -0.4 is 10.7 Å². The van der Waals surface area contributed by atoms with Gasteiger partial charge in [-0.15, -0.1) is 0 Å². The first kappa shape index (κ1) is 18.4. The van der Waals surface area contributed by atoms with E-state index in [0.29, 0.717) is 17.7 Å². The van der Waals surface area contributed by atoms with E-state index in [0.717, 1.165) is 16.7 Å². The van der Waals surface area contributed by atoms with Crippen LogP contribution in [-0.4, -0.2) is 18.0 Å². The maximum Gasteiger partial charge on any atom is 0.271 e. The Morgan fingerprint density at radius 3 is 2.20 bits per heavy atom. The van der Waals surface area contributed by atoms with Crippen molar-refractivity contribution in [2.45, 2.75) is 34.1 Å². The van der Waals surface area contributed by atoms with Gasteiger partial charge in [0.15, 0.2) is 0 Å². The van der Waals surface area contributed by atoms with Gasteiger partial charge in [-0.25, -0.2) is 5.43 Å². The van der Waals surface area contributed by atoms with Crippen LogP contribution in [-0.2, 0) is 4.79 Å². The summed E-state index contributed by atoms with van der Waals surface area (Å²) in [4.78, 5) is 23.5. The molecule has 0 bridgehead atoms. The van der Waals surface area contributed by atoms with Gasteiger partial charge in [0, 0.05) is 23.2 Å². The van der Waals surface area contributed by atoms with Crippen LogP contribution in [0.3, 0.4) is 0 Å². The van der Waals surface area contributed by atoms with Crippen molar-refractivity contribution in [3.8, 4) is 0 Å². The number of carbonyl (C=O) groups is 2. The van der Waals surface area contributed by atoms with Crippen molar-refractivity contribution in [1.29, 1.82) is 0 Å². The number of anilines is 1. The van der Waals surface area contributed by atoms with Crippen molar-refractivity contribution in [3.05, 3.63) is 64.2 Å². The Bertz CT molecular complexity index is 785. The second-order valence-electron chi connectivity index (χ2n) is 5.99. The SMILES string of the molecule is CCC(=O)Nc1ccc(C(=O)N/N=C/c2c(C)cc(C)cc2C)cc1. The molecule has 0 aliphatic carbocycles. The van der Waals surface area contributed by atoms with Crippen LogP contribution >= 0.6 is 0 Å². The highest BCUT2D eigenvalue weighted by atomic mass is 16.2. The molecule has 5 heteroatoms.